The fourth-order valence-corrected chi connectivity index (χ4v) is 2.93. The Morgan fingerprint density at radius 3 is 2.83 bits per heavy atom. The van der Waals surface area contributed by atoms with Crippen molar-refractivity contribution in [3.05, 3.63) is 36.4 Å². The summed E-state index contributed by atoms with van der Waals surface area (Å²) in [4.78, 5) is 6.16. The molecule has 1 saturated heterocycles. The molecule has 23 heavy (non-hydrogen) atoms. The van der Waals surface area contributed by atoms with Gasteiger partial charge in [0.05, 0.1) is 18.3 Å². The summed E-state index contributed by atoms with van der Waals surface area (Å²) in [6, 6.07) is 5.05. The Balaban J connectivity index is 1.49. The van der Waals surface area contributed by atoms with E-state index in [0.717, 1.165) is 0 Å². The molecule has 7 nitrogen and oxygen atoms in total. The highest BCUT2D eigenvalue weighted by molar-refractivity contribution is 5.75. The molecule has 8 heteroatoms. The summed E-state index contributed by atoms with van der Waals surface area (Å²) in [7, 11) is 0. The number of benzene rings is 1. The summed E-state index contributed by atoms with van der Waals surface area (Å²) < 4.78 is 21.0. The normalized spacial score (nSPS) is 17.7. The van der Waals surface area contributed by atoms with Crippen molar-refractivity contribution in [3.63, 3.8) is 0 Å². The number of halogens is 1. The molecule has 0 saturated carbocycles. The van der Waals surface area contributed by atoms with Crippen LogP contribution >= 0.6 is 0 Å². The lowest BCUT2D eigenvalue weighted by molar-refractivity contribution is -0.00404. The molecule has 3 heterocycles. The number of nitrogens with zero attached hydrogens (tertiary/aromatic N) is 5. The SMILES string of the molecule is OC1(Cn2ccnn2)CCN(c2nc3c(F)cccc3o2)CC1. The minimum absolute atomic E-state index is 0.242. The van der Waals surface area contributed by atoms with Gasteiger partial charge in [0.15, 0.2) is 11.4 Å². The van der Waals surface area contributed by atoms with Gasteiger partial charge in [-0.15, -0.1) is 5.10 Å². The Kier molecular flexibility index (Phi) is 3.26. The van der Waals surface area contributed by atoms with Crippen LogP contribution in [0.15, 0.2) is 35.0 Å². The molecule has 120 valence electrons. The molecule has 1 fully saturated rings. The van der Waals surface area contributed by atoms with Crippen molar-refractivity contribution >= 4 is 17.1 Å². The number of piperidine rings is 1. The average molecular weight is 317 g/mol. The molecule has 2 aromatic heterocycles. The number of oxazole rings is 1. The topological polar surface area (TPSA) is 80.2 Å². The lowest BCUT2D eigenvalue weighted by Gasteiger charge is -2.37. The van der Waals surface area contributed by atoms with Crippen LogP contribution in [-0.2, 0) is 6.54 Å². The first-order chi connectivity index (χ1) is 11.1. The van der Waals surface area contributed by atoms with Gasteiger partial charge in [-0.05, 0) is 25.0 Å². The van der Waals surface area contributed by atoms with E-state index in [9.17, 15) is 9.50 Å². The highest BCUT2D eigenvalue weighted by atomic mass is 19.1. The van der Waals surface area contributed by atoms with Gasteiger partial charge in [0.2, 0.25) is 0 Å². The maximum atomic E-state index is 13.7. The second-order valence-corrected chi connectivity index (χ2v) is 5.90. The van der Waals surface area contributed by atoms with E-state index in [4.69, 9.17) is 4.42 Å². The Labute approximate surface area is 131 Å². The third kappa shape index (κ3) is 2.65. The zero-order valence-corrected chi connectivity index (χ0v) is 12.4. The van der Waals surface area contributed by atoms with Gasteiger partial charge in [0.1, 0.15) is 5.52 Å². The van der Waals surface area contributed by atoms with Crippen molar-refractivity contribution < 1.29 is 13.9 Å². The quantitative estimate of drug-likeness (QED) is 0.790. The monoisotopic (exact) mass is 317 g/mol. The van der Waals surface area contributed by atoms with E-state index in [-0.39, 0.29) is 5.52 Å². The van der Waals surface area contributed by atoms with Crippen molar-refractivity contribution in [3.8, 4) is 0 Å². The Morgan fingerprint density at radius 1 is 1.30 bits per heavy atom. The third-order valence-electron chi connectivity index (χ3n) is 4.25. The van der Waals surface area contributed by atoms with Gasteiger partial charge in [-0.25, -0.2) is 9.07 Å². The Hall–Kier alpha value is -2.48. The van der Waals surface area contributed by atoms with Crippen molar-refractivity contribution in [1.82, 2.24) is 20.0 Å². The Bertz CT molecular complexity index is 809. The van der Waals surface area contributed by atoms with Crippen LogP contribution in [-0.4, -0.2) is 43.8 Å². The lowest BCUT2D eigenvalue weighted by atomic mass is 9.91. The molecule has 0 aliphatic carbocycles. The molecule has 0 spiro atoms. The average Bonchev–Trinajstić information content (AvgIpc) is 3.18. The van der Waals surface area contributed by atoms with E-state index in [1.165, 1.54) is 6.07 Å². The van der Waals surface area contributed by atoms with Gasteiger partial charge in [0.25, 0.3) is 6.01 Å². The first-order valence-electron chi connectivity index (χ1n) is 7.49. The lowest BCUT2D eigenvalue weighted by Crippen LogP contribution is -2.47. The van der Waals surface area contributed by atoms with Crippen LogP contribution in [0.3, 0.4) is 0 Å². The number of hydrogen-bond acceptors (Lipinski definition) is 6. The number of anilines is 1. The number of rotatable bonds is 3. The number of fused-ring (bicyclic) bond motifs is 1. The predicted octanol–water partition coefficient (Wildman–Crippen LogP) is 1.59. The van der Waals surface area contributed by atoms with Gasteiger partial charge in [0, 0.05) is 19.3 Å². The molecular formula is C15H16FN5O2. The van der Waals surface area contributed by atoms with Crippen LogP contribution in [0.25, 0.3) is 11.1 Å². The summed E-state index contributed by atoms with van der Waals surface area (Å²) in [5, 5.41) is 18.3. The molecule has 3 aromatic rings. The van der Waals surface area contributed by atoms with E-state index in [1.54, 1.807) is 29.2 Å². The number of para-hydroxylation sites is 1. The molecule has 0 unspecified atom stereocenters. The molecule has 1 aliphatic rings. The van der Waals surface area contributed by atoms with Crippen molar-refractivity contribution in [1.29, 1.82) is 0 Å². The molecule has 0 radical (unpaired) electrons. The number of hydrogen-bond donors (Lipinski definition) is 1. The van der Waals surface area contributed by atoms with Gasteiger partial charge in [-0.2, -0.15) is 4.98 Å². The largest absolute Gasteiger partial charge is 0.423 e. The fraction of sp³-hybridized carbons (Fsp3) is 0.400. The van der Waals surface area contributed by atoms with E-state index < -0.39 is 11.4 Å². The molecular weight excluding hydrogens is 301 g/mol. The highest BCUT2D eigenvalue weighted by Crippen LogP contribution is 2.29. The summed E-state index contributed by atoms with van der Waals surface area (Å²) >= 11 is 0. The van der Waals surface area contributed by atoms with Gasteiger partial charge < -0.3 is 14.4 Å². The van der Waals surface area contributed by atoms with Crippen LogP contribution < -0.4 is 4.90 Å². The fourth-order valence-electron chi connectivity index (χ4n) is 2.93. The van der Waals surface area contributed by atoms with Gasteiger partial charge in [-0.3, -0.25) is 0 Å². The van der Waals surface area contributed by atoms with Crippen LogP contribution in [0.5, 0.6) is 0 Å². The predicted molar refractivity (Wildman–Crippen MR) is 80.4 cm³/mol. The van der Waals surface area contributed by atoms with Crippen molar-refractivity contribution in [2.24, 2.45) is 0 Å². The van der Waals surface area contributed by atoms with E-state index in [2.05, 4.69) is 15.3 Å². The second kappa shape index (κ2) is 5.31. The Morgan fingerprint density at radius 2 is 2.13 bits per heavy atom. The van der Waals surface area contributed by atoms with Crippen LogP contribution in [0.4, 0.5) is 10.4 Å². The summed E-state index contributed by atoms with van der Waals surface area (Å²) in [6.07, 6.45) is 4.42. The van der Waals surface area contributed by atoms with Crippen molar-refractivity contribution in [2.75, 3.05) is 18.0 Å². The first-order valence-corrected chi connectivity index (χ1v) is 7.49. The first kappa shape index (κ1) is 14.1. The molecule has 1 aromatic carbocycles. The maximum Gasteiger partial charge on any atom is 0.298 e. The summed E-state index contributed by atoms with van der Waals surface area (Å²) in [5.41, 5.74) is -0.157. The smallest absolute Gasteiger partial charge is 0.298 e. The van der Waals surface area contributed by atoms with Gasteiger partial charge >= 0.3 is 0 Å². The third-order valence-corrected chi connectivity index (χ3v) is 4.25. The zero-order valence-electron chi connectivity index (χ0n) is 12.4. The summed E-state index contributed by atoms with van der Waals surface area (Å²) in [5.74, 6) is -0.391. The minimum Gasteiger partial charge on any atom is -0.423 e. The minimum atomic E-state index is -0.832. The van der Waals surface area contributed by atoms with Crippen LogP contribution in [0.2, 0.25) is 0 Å². The molecule has 4 rings (SSSR count). The molecule has 0 amide bonds. The molecule has 1 N–H and O–H groups in total. The standard InChI is InChI=1S/C15H16FN5O2/c16-11-2-1-3-12-13(11)18-14(23-12)20-7-4-15(22,5-8-20)10-21-9-6-17-19-21/h1-3,6,9,22H,4-5,7-8,10H2. The molecule has 0 bridgehead atoms. The summed E-state index contributed by atoms with van der Waals surface area (Å²) in [6.45, 7) is 1.57. The second-order valence-electron chi connectivity index (χ2n) is 5.90. The number of aromatic nitrogens is 4. The van der Waals surface area contributed by atoms with Crippen molar-refractivity contribution in [2.45, 2.75) is 25.0 Å². The van der Waals surface area contributed by atoms with E-state index in [0.29, 0.717) is 44.1 Å². The van der Waals surface area contributed by atoms with E-state index in [1.807, 2.05) is 4.90 Å². The van der Waals surface area contributed by atoms with Gasteiger partial charge in [-0.1, -0.05) is 11.3 Å². The van der Waals surface area contributed by atoms with Crippen LogP contribution in [0.1, 0.15) is 12.8 Å². The zero-order chi connectivity index (χ0) is 15.9. The van der Waals surface area contributed by atoms with Crippen LogP contribution in [0, 0.1) is 5.82 Å². The maximum absolute atomic E-state index is 13.7. The highest BCUT2D eigenvalue weighted by Gasteiger charge is 2.34. The van der Waals surface area contributed by atoms with E-state index >= 15 is 0 Å². The molecule has 0 atom stereocenters. The number of aliphatic hydroxyl groups is 1. The molecule has 1 aliphatic heterocycles.